The van der Waals surface area contributed by atoms with Gasteiger partial charge < -0.3 is 15.4 Å². The third-order valence-corrected chi connectivity index (χ3v) is 1.63. The SMILES string of the molecule is CC(C)(C)CNCCNC(=O)OC(C)(C)C. The maximum atomic E-state index is 11.3. The van der Waals surface area contributed by atoms with Gasteiger partial charge in [0.1, 0.15) is 5.60 Å². The normalized spacial score (nSPS) is 12.4. The second-order valence-corrected chi connectivity index (χ2v) is 6.17. The summed E-state index contributed by atoms with van der Waals surface area (Å²) in [7, 11) is 0. The molecule has 0 aliphatic carbocycles. The second kappa shape index (κ2) is 6.09. The standard InChI is InChI=1S/C12H26N2O2/c1-11(2,3)9-13-7-8-14-10(15)16-12(4,5)6/h13H,7-9H2,1-6H3,(H,14,15). The molecule has 4 nitrogen and oxygen atoms in total. The molecule has 0 atom stereocenters. The number of rotatable bonds is 4. The Morgan fingerprint density at radius 3 is 2.06 bits per heavy atom. The molecule has 0 heterocycles. The largest absolute Gasteiger partial charge is 0.444 e. The van der Waals surface area contributed by atoms with Crippen LogP contribution in [0.5, 0.6) is 0 Å². The molecule has 96 valence electrons. The zero-order valence-electron chi connectivity index (χ0n) is 11.4. The second-order valence-electron chi connectivity index (χ2n) is 6.17. The van der Waals surface area contributed by atoms with E-state index in [9.17, 15) is 4.79 Å². The number of ether oxygens (including phenoxy) is 1. The molecule has 0 radical (unpaired) electrons. The minimum atomic E-state index is -0.428. The molecular weight excluding hydrogens is 204 g/mol. The molecular formula is C12H26N2O2. The van der Waals surface area contributed by atoms with Gasteiger partial charge in [0, 0.05) is 19.6 Å². The molecule has 0 aromatic rings. The van der Waals surface area contributed by atoms with Gasteiger partial charge in [0.25, 0.3) is 0 Å². The van der Waals surface area contributed by atoms with Gasteiger partial charge in [-0.15, -0.1) is 0 Å². The first-order valence-corrected chi connectivity index (χ1v) is 5.78. The average molecular weight is 230 g/mol. The lowest BCUT2D eigenvalue weighted by molar-refractivity contribution is 0.0528. The van der Waals surface area contributed by atoms with Gasteiger partial charge in [0.15, 0.2) is 0 Å². The molecule has 0 aromatic heterocycles. The van der Waals surface area contributed by atoms with Crippen molar-refractivity contribution in [1.29, 1.82) is 0 Å². The van der Waals surface area contributed by atoms with E-state index in [4.69, 9.17) is 4.74 Å². The number of hydrogen-bond acceptors (Lipinski definition) is 3. The van der Waals surface area contributed by atoms with Gasteiger partial charge in [-0.1, -0.05) is 20.8 Å². The molecule has 1 amide bonds. The van der Waals surface area contributed by atoms with E-state index >= 15 is 0 Å². The Morgan fingerprint density at radius 2 is 1.62 bits per heavy atom. The van der Waals surface area contributed by atoms with Crippen LogP contribution >= 0.6 is 0 Å². The van der Waals surface area contributed by atoms with Gasteiger partial charge in [0.05, 0.1) is 0 Å². The summed E-state index contributed by atoms with van der Waals surface area (Å²) in [4.78, 5) is 11.3. The Hall–Kier alpha value is -0.770. The van der Waals surface area contributed by atoms with Crippen molar-refractivity contribution in [1.82, 2.24) is 10.6 Å². The predicted molar refractivity (Wildman–Crippen MR) is 66.6 cm³/mol. The van der Waals surface area contributed by atoms with E-state index in [2.05, 4.69) is 31.4 Å². The first kappa shape index (κ1) is 15.2. The van der Waals surface area contributed by atoms with E-state index < -0.39 is 5.60 Å². The van der Waals surface area contributed by atoms with Crippen LogP contribution in [0.2, 0.25) is 0 Å². The molecule has 0 spiro atoms. The lowest BCUT2D eigenvalue weighted by Crippen LogP contribution is -2.38. The first-order chi connectivity index (χ1) is 7.10. The molecule has 0 bridgehead atoms. The Labute approximate surface area is 99.1 Å². The van der Waals surface area contributed by atoms with Crippen LogP contribution in [0.1, 0.15) is 41.5 Å². The van der Waals surface area contributed by atoms with Crippen molar-refractivity contribution in [2.45, 2.75) is 47.1 Å². The Bertz CT molecular complexity index is 214. The van der Waals surface area contributed by atoms with Crippen molar-refractivity contribution in [2.24, 2.45) is 5.41 Å². The van der Waals surface area contributed by atoms with Crippen LogP contribution in [0.3, 0.4) is 0 Å². The van der Waals surface area contributed by atoms with Gasteiger partial charge in [-0.05, 0) is 26.2 Å². The van der Waals surface area contributed by atoms with E-state index in [1.807, 2.05) is 20.8 Å². The number of nitrogens with one attached hydrogen (secondary N) is 2. The fourth-order valence-corrected chi connectivity index (χ4v) is 1.03. The fraction of sp³-hybridized carbons (Fsp3) is 0.917. The molecule has 0 aliphatic heterocycles. The summed E-state index contributed by atoms with van der Waals surface area (Å²) >= 11 is 0. The van der Waals surface area contributed by atoms with Crippen molar-refractivity contribution in [3.63, 3.8) is 0 Å². The highest BCUT2D eigenvalue weighted by Crippen LogP contribution is 2.09. The van der Waals surface area contributed by atoms with Crippen molar-refractivity contribution < 1.29 is 9.53 Å². The van der Waals surface area contributed by atoms with Crippen LogP contribution in [-0.4, -0.2) is 31.3 Å². The maximum absolute atomic E-state index is 11.3. The monoisotopic (exact) mass is 230 g/mol. The first-order valence-electron chi connectivity index (χ1n) is 5.78. The Kier molecular flexibility index (Phi) is 5.79. The van der Waals surface area contributed by atoms with E-state index in [0.717, 1.165) is 13.1 Å². The Morgan fingerprint density at radius 1 is 1.06 bits per heavy atom. The van der Waals surface area contributed by atoms with E-state index in [1.54, 1.807) is 0 Å². The van der Waals surface area contributed by atoms with Crippen molar-refractivity contribution >= 4 is 6.09 Å². The molecule has 0 unspecified atom stereocenters. The number of carbonyl (C=O) groups is 1. The van der Waals surface area contributed by atoms with E-state index in [1.165, 1.54) is 0 Å². The Balaban J connectivity index is 3.50. The number of alkyl carbamates (subject to hydrolysis) is 1. The molecule has 0 aliphatic rings. The lowest BCUT2D eigenvalue weighted by Gasteiger charge is -2.21. The van der Waals surface area contributed by atoms with Crippen LogP contribution in [0.25, 0.3) is 0 Å². The molecule has 2 N–H and O–H groups in total. The third kappa shape index (κ3) is 11.3. The van der Waals surface area contributed by atoms with Gasteiger partial charge >= 0.3 is 6.09 Å². The summed E-state index contributed by atoms with van der Waals surface area (Å²) in [6, 6.07) is 0. The summed E-state index contributed by atoms with van der Waals surface area (Å²) in [5.74, 6) is 0. The van der Waals surface area contributed by atoms with E-state index in [0.29, 0.717) is 6.54 Å². The molecule has 0 saturated heterocycles. The van der Waals surface area contributed by atoms with Crippen molar-refractivity contribution in [2.75, 3.05) is 19.6 Å². The van der Waals surface area contributed by atoms with Gasteiger partial charge in [-0.3, -0.25) is 0 Å². The van der Waals surface area contributed by atoms with Crippen LogP contribution in [0.15, 0.2) is 0 Å². The highest BCUT2D eigenvalue weighted by Gasteiger charge is 2.15. The number of carbonyl (C=O) groups excluding carboxylic acids is 1. The van der Waals surface area contributed by atoms with Crippen LogP contribution in [0, 0.1) is 5.41 Å². The number of amides is 1. The zero-order chi connectivity index (χ0) is 12.8. The summed E-state index contributed by atoms with van der Waals surface area (Å²) in [5.41, 5.74) is -0.158. The molecule has 0 aromatic carbocycles. The number of hydrogen-bond donors (Lipinski definition) is 2. The highest BCUT2D eigenvalue weighted by molar-refractivity contribution is 5.67. The van der Waals surface area contributed by atoms with Gasteiger partial charge in [-0.25, -0.2) is 4.79 Å². The van der Waals surface area contributed by atoms with Crippen LogP contribution in [-0.2, 0) is 4.74 Å². The smallest absolute Gasteiger partial charge is 0.407 e. The van der Waals surface area contributed by atoms with Gasteiger partial charge in [0.2, 0.25) is 0 Å². The van der Waals surface area contributed by atoms with Crippen molar-refractivity contribution in [3.05, 3.63) is 0 Å². The summed E-state index contributed by atoms with van der Waals surface area (Å²) in [5, 5.41) is 5.98. The summed E-state index contributed by atoms with van der Waals surface area (Å²) < 4.78 is 5.11. The fourth-order valence-electron chi connectivity index (χ4n) is 1.03. The maximum Gasteiger partial charge on any atom is 0.407 e. The predicted octanol–water partition coefficient (Wildman–Crippen LogP) is 2.15. The van der Waals surface area contributed by atoms with Crippen LogP contribution in [0.4, 0.5) is 4.79 Å². The molecule has 16 heavy (non-hydrogen) atoms. The third-order valence-electron chi connectivity index (χ3n) is 1.63. The average Bonchev–Trinajstić information content (AvgIpc) is 1.97. The van der Waals surface area contributed by atoms with Crippen LogP contribution < -0.4 is 10.6 Å². The summed E-state index contributed by atoms with van der Waals surface area (Å²) in [6.07, 6.45) is -0.356. The van der Waals surface area contributed by atoms with E-state index in [-0.39, 0.29) is 11.5 Å². The zero-order valence-corrected chi connectivity index (χ0v) is 11.4. The minimum Gasteiger partial charge on any atom is -0.444 e. The lowest BCUT2D eigenvalue weighted by atomic mass is 9.97. The summed E-state index contributed by atoms with van der Waals surface area (Å²) in [6.45, 7) is 14.3. The van der Waals surface area contributed by atoms with Crippen molar-refractivity contribution in [3.8, 4) is 0 Å². The van der Waals surface area contributed by atoms with Gasteiger partial charge in [-0.2, -0.15) is 0 Å². The molecule has 0 rings (SSSR count). The quantitative estimate of drug-likeness (QED) is 0.728. The minimum absolute atomic E-state index is 0.270. The molecule has 4 heteroatoms. The topological polar surface area (TPSA) is 50.4 Å². The highest BCUT2D eigenvalue weighted by atomic mass is 16.6. The molecule has 0 fully saturated rings. The molecule has 0 saturated carbocycles.